The predicted molar refractivity (Wildman–Crippen MR) is 77.7 cm³/mol. The summed E-state index contributed by atoms with van der Waals surface area (Å²) in [7, 11) is 2.24. The van der Waals surface area contributed by atoms with Gasteiger partial charge in [0.15, 0.2) is 0 Å². The molecule has 19 heavy (non-hydrogen) atoms. The third-order valence-electron chi connectivity index (χ3n) is 5.21. The zero-order chi connectivity index (χ0) is 13.2. The Morgan fingerprint density at radius 1 is 1.26 bits per heavy atom. The minimum Gasteiger partial charge on any atom is -0.327 e. The highest BCUT2D eigenvalue weighted by Gasteiger charge is 2.45. The van der Waals surface area contributed by atoms with Gasteiger partial charge in [0.25, 0.3) is 0 Å². The lowest BCUT2D eigenvalue weighted by atomic mass is 9.84. The first-order valence-corrected chi connectivity index (χ1v) is 7.57. The molecule has 2 N–H and O–H groups in total. The topological polar surface area (TPSA) is 42.2 Å². The highest BCUT2D eigenvalue weighted by atomic mass is 15.1. The molecule has 3 nitrogen and oxygen atoms in total. The maximum absolute atomic E-state index is 6.38. The zero-order valence-corrected chi connectivity index (χ0v) is 11.8. The molecule has 2 fully saturated rings. The van der Waals surface area contributed by atoms with Crippen LogP contribution in [-0.4, -0.2) is 36.1 Å². The summed E-state index contributed by atoms with van der Waals surface area (Å²) in [5.41, 5.74) is 7.76. The van der Waals surface area contributed by atoms with Crippen LogP contribution >= 0.6 is 0 Å². The van der Waals surface area contributed by atoms with Gasteiger partial charge in [-0.1, -0.05) is 0 Å². The predicted octanol–water partition coefficient (Wildman–Crippen LogP) is 1.93. The van der Waals surface area contributed by atoms with Crippen molar-refractivity contribution in [3.05, 3.63) is 30.1 Å². The van der Waals surface area contributed by atoms with Gasteiger partial charge in [0.05, 0.1) is 0 Å². The lowest BCUT2D eigenvalue weighted by molar-refractivity contribution is 0.200. The number of rotatable bonds is 5. The maximum Gasteiger partial charge on any atom is 0.0270 e. The van der Waals surface area contributed by atoms with Crippen molar-refractivity contribution in [3.8, 4) is 0 Å². The Morgan fingerprint density at radius 2 is 2.00 bits per heavy atom. The molecule has 1 heterocycles. The summed E-state index contributed by atoms with van der Waals surface area (Å²) in [6.07, 6.45) is 9.05. The van der Waals surface area contributed by atoms with Gasteiger partial charge < -0.3 is 10.6 Å². The van der Waals surface area contributed by atoms with Crippen molar-refractivity contribution in [2.75, 3.05) is 20.1 Å². The number of aromatic nitrogens is 1. The van der Waals surface area contributed by atoms with Gasteiger partial charge in [-0.2, -0.15) is 0 Å². The van der Waals surface area contributed by atoms with E-state index in [2.05, 4.69) is 29.1 Å². The molecule has 2 aliphatic carbocycles. The largest absolute Gasteiger partial charge is 0.327 e. The minimum absolute atomic E-state index is 0.460. The van der Waals surface area contributed by atoms with E-state index in [4.69, 9.17) is 5.73 Å². The molecule has 2 saturated carbocycles. The lowest BCUT2D eigenvalue weighted by Crippen LogP contribution is -2.42. The monoisotopic (exact) mass is 259 g/mol. The van der Waals surface area contributed by atoms with Gasteiger partial charge in [-0.05, 0) is 68.2 Å². The number of nitrogens with zero attached hydrogens (tertiary/aromatic N) is 2. The van der Waals surface area contributed by atoms with Crippen molar-refractivity contribution in [2.45, 2.75) is 31.7 Å². The van der Waals surface area contributed by atoms with Crippen molar-refractivity contribution >= 4 is 0 Å². The standard InChI is InChI=1S/C16H25N3/c1-19(9-6-12-4-7-18-8-5-12)11-15-13-2-3-14(10-13)16(15)17/h4-5,7-8,13-16H,2-3,6,9-11,17H2,1H3. The molecule has 3 rings (SSSR count). The van der Waals surface area contributed by atoms with Crippen LogP contribution in [0.15, 0.2) is 24.5 Å². The van der Waals surface area contributed by atoms with Gasteiger partial charge in [-0.3, -0.25) is 4.98 Å². The summed E-state index contributed by atoms with van der Waals surface area (Å²) in [4.78, 5) is 6.53. The summed E-state index contributed by atoms with van der Waals surface area (Å²) in [6.45, 7) is 2.29. The molecule has 4 unspecified atom stereocenters. The van der Waals surface area contributed by atoms with Gasteiger partial charge in [0.2, 0.25) is 0 Å². The molecule has 0 saturated heterocycles. The van der Waals surface area contributed by atoms with Crippen LogP contribution in [0.1, 0.15) is 24.8 Å². The van der Waals surface area contributed by atoms with Crippen LogP contribution < -0.4 is 5.73 Å². The van der Waals surface area contributed by atoms with Crippen LogP contribution in [-0.2, 0) is 6.42 Å². The Hall–Kier alpha value is -0.930. The molecule has 1 aromatic heterocycles. The normalized spacial score (nSPS) is 33.2. The zero-order valence-electron chi connectivity index (χ0n) is 11.8. The molecule has 1 aromatic rings. The Kier molecular flexibility index (Phi) is 3.85. The van der Waals surface area contributed by atoms with Gasteiger partial charge >= 0.3 is 0 Å². The van der Waals surface area contributed by atoms with Crippen LogP contribution in [0.25, 0.3) is 0 Å². The number of pyridine rings is 1. The summed E-state index contributed by atoms with van der Waals surface area (Å²) in [6, 6.07) is 4.68. The van der Waals surface area contributed by atoms with Gasteiger partial charge in [-0.15, -0.1) is 0 Å². The molecule has 0 aliphatic heterocycles. The van der Waals surface area contributed by atoms with E-state index < -0.39 is 0 Å². The van der Waals surface area contributed by atoms with E-state index in [1.807, 2.05) is 12.4 Å². The molecule has 4 atom stereocenters. The first-order valence-electron chi connectivity index (χ1n) is 7.57. The molecule has 0 amide bonds. The Morgan fingerprint density at radius 3 is 2.68 bits per heavy atom. The molecule has 0 spiro atoms. The summed E-state index contributed by atoms with van der Waals surface area (Å²) in [5.74, 6) is 2.47. The molecule has 2 bridgehead atoms. The minimum atomic E-state index is 0.460. The molecule has 0 radical (unpaired) electrons. The summed E-state index contributed by atoms with van der Waals surface area (Å²) < 4.78 is 0. The average molecular weight is 259 g/mol. The molecule has 3 heteroatoms. The van der Waals surface area contributed by atoms with Crippen LogP contribution in [0.3, 0.4) is 0 Å². The fourth-order valence-corrected chi connectivity index (χ4v) is 4.05. The van der Waals surface area contributed by atoms with Crippen molar-refractivity contribution in [2.24, 2.45) is 23.5 Å². The highest BCUT2D eigenvalue weighted by molar-refractivity contribution is 5.10. The number of hydrogen-bond acceptors (Lipinski definition) is 3. The highest BCUT2D eigenvalue weighted by Crippen LogP contribution is 2.47. The van der Waals surface area contributed by atoms with Crippen molar-refractivity contribution in [3.63, 3.8) is 0 Å². The first-order chi connectivity index (χ1) is 9.24. The van der Waals surface area contributed by atoms with Crippen LogP contribution in [0.5, 0.6) is 0 Å². The van der Waals surface area contributed by atoms with Gasteiger partial charge in [0, 0.05) is 31.5 Å². The van der Waals surface area contributed by atoms with E-state index in [-0.39, 0.29) is 0 Å². The van der Waals surface area contributed by atoms with Crippen molar-refractivity contribution in [1.29, 1.82) is 0 Å². The summed E-state index contributed by atoms with van der Waals surface area (Å²) >= 11 is 0. The second-order valence-corrected chi connectivity index (χ2v) is 6.44. The molecular formula is C16H25N3. The fourth-order valence-electron chi connectivity index (χ4n) is 4.05. The van der Waals surface area contributed by atoms with Gasteiger partial charge in [0.1, 0.15) is 0 Å². The van der Waals surface area contributed by atoms with E-state index in [0.717, 1.165) is 30.7 Å². The van der Waals surface area contributed by atoms with Crippen molar-refractivity contribution < 1.29 is 0 Å². The van der Waals surface area contributed by atoms with Crippen LogP contribution in [0, 0.1) is 17.8 Å². The van der Waals surface area contributed by atoms with Gasteiger partial charge in [-0.25, -0.2) is 0 Å². The SMILES string of the molecule is CN(CCc1ccncc1)CC1C2CCC(C2)C1N. The number of nitrogens with two attached hydrogens (primary N) is 1. The number of hydrogen-bond donors (Lipinski definition) is 1. The molecule has 2 aliphatic rings. The average Bonchev–Trinajstić information content (AvgIpc) is 3.01. The third-order valence-corrected chi connectivity index (χ3v) is 5.21. The van der Waals surface area contributed by atoms with E-state index >= 15 is 0 Å². The van der Waals surface area contributed by atoms with E-state index in [9.17, 15) is 0 Å². The fraction of sp³-hybridized carbons (Fsp3) is 0.688. The van der Waals surface area contributed by atoms with Crippen LogP contribution in [0.4, 0.5) is 0 Å². The Bertz CT molecular complexity index is 404. The van der Waals surface area contributed by atoms with E-state index in [0.29, 0.717) is 6.04 Å². The lowest BCUT2D eigenvalue weighted by Gasteiger charge is -2.31. The first kappa shape index (κ1) is 13.1. The number of fused-ring (bicyclic) bond motifs is 2. The van der Waals surface area contributed by atoms with Crippen LogP contribution in [0.2, 0.25) is 0 Å². The van der Waals surface area contributed by atoms with E-state index in [1.165, 1.54) is 31.4 Å². The Labute approximate surface area is 116 Å². The van der Waals surface area contributed by atoms with Crippen molar-refractivity contribution in [1.82, 2.24) is 9.88 Å². The quantitative estimate of drug-likeness (QED) is 0.878. The smallest absolute Gasteiger partial charge is 0.0270 e. The molecule has 0 aromatic carbocycles. The third kappa shape index (κ3) is 2.82. The molecule has 104 valence electrons. The second kappa shape index (κ2) is 5.59. The van der Waals surface area contributed by atoms with E-state index in [1.54, 1.807) is 0 Å². The number of likely N-dealkylation sites (N-methyl/N-ethyl adjacent to an activating group) is 1. The maximum atomic E-state index is 6.38. The summed E-state index contributed by atoms with van der Waals surface area (Å²) in [5, 5.41) is 0. The second-order valence-electron chi connectivity index (χ2n) is 6.44. The molecular weight excluding hydrogens is 234 g/mol. The Balaban J connectivity index is 1.48.